The van der Waals surface area contributed by atoms with Crippen LogP contribution in [0.15, 0.2) is 67.0 Å². The van der Waals surface area contributed by atoms with E-state index in [1.54, 1.807) is 65.5 Å². The molecule has 0 atom stereocenters. The standard InChI is InChI=1S/C28H21ClN4O5/c1-3-20-23(27(35)33(30-20)18-8-6-17(29)7-9-18)24-25(31-12-4-5-16(2)14-31)28(36)32(26(24)34)19-10-11-21-22(13-19)38-15-37-21/h4-14H,3,15H2,1-2H3. The van der Waals surface area contributed by atoms with Crippen molar-refractivity contribution in [1.82, 2.24) is 9.78 Å². The topological polar surface area (TPSA) is 101 Å². The van der Waals surface area contributed by atoms with Crippen molar-refractivity contribution in [2.24, 2.45) is 0 Å². The molecule has 0 saturated heterocycles. The van der Waals surface area contributed by atoms with E-state index in [2.05, 4.69) is 5.10 Å². The molecule has 2 amide bonds. The number of imide groups is 1. The van der Waals surface area contributed by atoms with Gasteiger partial charge in [0.25, 0.3) is 11.6 Å². The van der Waals surface area contributed by atoms with Crippen LogP contribution in [0, 0.1) is 6.92 Å². The summed E-state index contributed by atoms with van der Waals surface area (Å²) in [5.74, 6) is -0.747. The third-order valence-corrected chi connectivity index (χ3v) is 6.70. The molecule has 190 valence electrons. The number of benzene rings is 2. The summed E-state index contributed by atoms with van der Waals surface area (Å²) in [5, 5.41) is 18.9. The number of aromatic nitrogens is 3. The van der Waals surface area contributed by atoms with Crippen LogP contribution < -0.4 is 24.0 Å². The van der Waals surface area contributed by atoms with E-state index in [9.17, 15) is 14.7 Å². The first-order valence-electron chi connectivity index (χ1n) is 11.9. The Bertz CT molecular complexity index is 1660. The normalized spacial score (nSPS) is 14.7. The van der Waals surface area contributed by atoms with Gasteiger partial charge in [-0.3, -0.25) is 9.59 Å². The number of ether oxygens (including phenoxy) is 2. The number of amides is 2. The van der Waals surface area contributed by atoms with E-state index in [1.165, 1.54) is 4.68 Å². The largest absolute Gasteiger partial charge is 0.858 e. The van der Waals surface area contributed by atoms with Crippen molar-refractivity contribution in [3.63, 3.8) is 0 Å². The molecule has 0 spiro atoms. The van der Waals surface area contributed by atoms with Crippen molar-refractivity contribution in [3.8, 4) is 23.1 Å². The van der Waals surface area contributed by atoms with Crippen LogP contribution in [-0.2, 0) is 16.0 Å². The molecule has 2 aromatic heterocycles. The minimum Gasteiger partial charge on any atom is -0.858 e. The zero-order valence-corrected chi connectivity index (χ0v) is 21.2. The van der Waals surface area contributed by atoms with Gasteiger partial charge in [0.05, 0.1) is 17.1 Å². The minimum atomic E-state index is -0.625. The second-order valence-corrected chi connectivity index (χ2v) is 9.30. The van der Waals surface area contributed by atoms with Gasteiger partial charge in [-0.2, -0.15) is 9.67 Å². The Balaban J connectivity index is 1.57. The lowest BCUT2D eigenvalue weighted by molar-refractivity contribution is -0.577. The van der Waals surface area contributed by atoms with E-state index in [-0.39, 0.29) is 23.6 Å². The van der Waals surface area contributed by atoms with E-state index in [1.807, 2.05) is 19.9 Å². The summed E-state index contributed by atoms with van der Waals surface area (Å²) in [7, 11) is 0. The number of hydrogen-bond donors (Lipinski definition) is 0. The van der Waals surface area contributed by atoms with E-state index >= 15 is 0 Å². The average Bonchev–Trinajstić information content (AvgIpc) is 3.57. The number of anilines is 1. The van der Waals surface area contributed by atoms with E-state index in [0.717, 1.165) is 10.5 Å². The molecule has 2 aliphatic heterocycles. The van der Waals surface area contributed by atoms with Gasteiger partial charge in [0, 0.05) is 28.3 Å². The molecule has 0 N–H and O–H groups in total. The quantitative estimate of drug-likeness (QED) is 0.291. The Kier molecular flexibility index (Phi) is 5.65. The summed E-state index contributed by atoms with van der Waals surface area (Å²) in [4.78, 5) is 29.1. The zero-order valence-electron chi connectivity index (χ0n) is 20.5. The Morgan fingerprint density at radius 1 is 1.03 bits per heavy atom. The van der Waals surface area contributed by atoms with Crippen LogP contribution in [-0.4, -0.2) is 28.4 Å². The molecular formula is C28H21ClN4O5. The number of fused-ring (bicyclic) bond motifs is 1. The Morgan fingerprint density at radius 2 is 1.76 bits per heavy atom. The van der Waals surface area contributed by atoms with Crippen LogP contribution in [0.1, 0.15) is 23.7 Å². The number of nitrogens with zero attached hydrogens (tertiary/aromatic N) is 4. The van der Waals surface area contributed by atoms with Crippen LogP contribution >= 0.6 is 11.6 Å². The maximum Gasteiger partial charge on any atom is 0.331 e. The molecule has 0 aliphatic carbocycles. The van der Waals surface area contributed by atoms with Crippen molar-refractivity contribution in [1.29, 1.82) is 0 Å². The Morgan fingerprint density at radius 3 is 2.50 bits per heavy atom. The average molecular weight is 529 g/mol. The molecule has 2 aliphatic rings. The lowest BCUT2D eigenvalue weighted by Gasteiger charge is -2.16. The molecule has 0 bridgehead atoms. The SMILES string of the molecule is CCc1nn(-c2ccc(Cl)cc2)c([O-])c1C1=C([n+]2cccc(C)c2)C(=O)N(c2ccc3c(c2)OCO3)C1=O. The number of carbonyl (C=O) groups is 2. The van der Waals surface area contributed by atoms with Crippen molar-refractivity contribution >= 4 is 40.4 Å². The van der Waals surface area contributed by atoms with Gasteiger partial charge in [0.15, 0.2) is 23.9 Å². The maximum atomic E-state index is 14.1. The molecule has 9 nitrogen and oxygen atoms in total. The first-order valence-corrected chi connectivity index (χ1v) is 12.3. The van der Waals surface area contributed by atoms with Crippen molar-refractivity contribution in [2.45, 2.75) is 20.3 Å². The highest BCUT2D eigenvalue weighted by atomic mass is 35.5. The molecule has 0 fully saturated rings. The second kappa shape index (κ2) is 9.04. The smallest absolute Gasteiger partial charge is 0.331 e. The first kappa shape index (κ1) is 23.7. The predicted molar refractivity (Wildman–Crippen MR) is 137 cm³/mol. The molecule has 0 radical (unpaired) electrons. The van der Waals surface area contributed by atoms with Crippen molar-refractivity contribution in [3.05, 3.63) is 88.8 Å². The number of aryl methyl sites for hydroxylation is 2. The third kappa shape index (κ3) is 3.71. The highest BCUT2D eigenvalue weighted by Crippen LogP contribution is 2.41. The first-order chi connectivity index (χ1) is 18.4. The van der Waals surface area contributed by atoms with Crippen LogP contribution in [0.5, 0.6) is 17.4 Å². The summed E-state index contributed by atoms with van der Waals surface area (Å²) >= 11 is 6.03. The van der Waals surface area contributed by atoms with E-state index < -0.39 is 17.7 Å². The molecule has 2 aromatic carbocycles. The third-order valence-electron chi connectivity index (χ3n) is 6.45. The fraction of sp³-hybridized carbons (Fsp3) is 0.143. The number of pyridine rings is 1. The molecule has 4 aromatic rings. The minimum absolute atomic E-state index is 0.00895. The molecule has 0 saturated carbocycles. The monoisotopic (exact) mass is 528 g/mol. The molecular weight excluding hydrogens is 508 g/mol. The highest BCUT2D eigenvalue weighted by Gasteiger charge is 2.47. The molecule has 38 heavy (non-hydrogen) atoms. The van der Waals surface area contributed by atoms with E-state index in [4.69, 9.17) is 21.1 Å². The molecule has 10 heteroatoms. The van der Waals surface area contributed by atoms with Gasteiger partial charge in [0.2, 0.25) is 6.79 Å². The number of halogens is 1. The maximum absolute atomic E-state index is 14.1. The van der Waals surface area contributed by atoms with Gasteiger partial charge in [-0.05, 0) is 61.7 Å². The predicted octanol–water partition coefficient (Wildman–Crippen LogP) is 3.43. The fourth-order valence-electron chi connectivity index (χ4n) is 4.68. The Labute approximate surface area is 222 Å². The van der Waals surface area contributed by atoms with Gasteiger partial charge >= 0.3 is 5.91 Å². The van der Waals surface area contributed by atoms with Crippen LogP contribution in [0.25, 0.3) is 17.0 Å². The van der Waals surface area contributed by atoms with Crippen LogP contribution in [0.4, 0.5) is 5.69 Å². The molecule has 4 heterocycles. The van der Waals surface area contributed by atoms with Gasteiger partial charge < -0.3 is 14.6 Å². The summed E-state index contributed by atoms with van der Waals surface area (Å²) in [5.41, 5.74) is 2.23. The van der Waals surface area contributed by atoms with Gasteiger partial charge in [-0.1, -0.05) is 18.5 Å². The number of rotatable bonds is 5. The highest BCUT2D eigenvalue weighted by molar-refractivity contribution is 6.53. The van der Waals surface area contributed by atoms with Crippen LogP contribution in [0.2, 0.25) is 5.02 Å². The zero-order chi connectivity index (χ0) is 26.6. The van der Waals surface area contributed by atoms with Crippen LogP contribution in [0.3, 0.4) is 0 Å². The van der Waals surface area contributed by atoms with Gasteiger partial charge in [-0.15, -0.1) is 0 Å². The van der Waals surface area contributed by atoms with E-state index in [0.29, 0.717) is 40.0 Å². The van der Waals surface area contributed by atoms with Crippen molar-refractivity contribution < 1.29 is 28.7 Å². The van der Waals surface area contributed by atoms with Gasteiger partial charge in [0.1, 0.15) is 5.57 Å². The lowest BCUT2D eigenvalue weighted by Crippen LogP contribution is -2.39. The molecule has 6 rings (SSSR count). The molecule has 0 unspecified atom stereocenters. The summed E-state index contributed by atoms with van der Waals surface area (Å²) in [6, 6.07) is 15.1. The Hall–Kier alpha value is -4.63. The van der Waals surface area contributed by atoms with Gasteiger partial charge in [-0.25, -0.2) is 9.58 Å². The summed E-state index contributed by atoms with van der Waals surface area (Å²) in [6.07, 6.45) is 3.78. The summed E-state index contributed by atoms with van der Waals surface area (Å²) in [6.45, 7) is 3.77. The fourth-order valence-corrected chi connectivity index (χ4v) is 4.80. The number of hydrogen-bond acceptors (Lipinski definition) is 6. The number of carbonyl (C=O) groups excluding carboxylic acids is 2. The summed E-state index contributed by atoms with van der Waals surface area (Å²) < 4.78 is 13.7. The lowest BCUT2D eigenvalue weighted by atomic mass is 10.0. The van der Waals surface area contributed by atoms with Crippen molar-refractivity contribution in [2.75, 3.05) is 11.7 Å². The second-order valence-electron chi connectivity index (χ2n) is 8.86.